The smallest absolute Gasteiger partial charge is 0.340 e. The van der Waals surface area contributed by atoms with Crippen molar-refractivity contribution in [2.45, 2.75) is 64.6 Å². The predicted octanol–water partition coefficient (Wildman–Crippen LogP) is 3.02. The maximum Gasteiger partial charge on any atom is 0.340 e. The predicted molar refractivity (Wildman–Crippen MR) is 91.6 cm³/mol. The third-order valence-electron chi connectivity index (χ3n) is 5.47. The Hall–Kier alpha value is -1.73. The van der Waals surface area contributed by atoms with E-state index in [0.717, 1.165) is 30.7 Å². The average Bonchev–Trinajstić information content (AvgIpc) is 3.38. The lowest BCUT2D eigenvalue weighted by molar-refractivity contribution is -0.122. The minimum Gasteiger partial charge on any atom is -0.354 e. The lowest BCUT2D eigenvalue weighted by Crippen LogP contribution is -2.51. The molecular weight excluding hydrogens is 325 g/mol. The molecule has 7 nitrogen and oxygen atoms in total. The van der Waals surface area contributed by atoms with E-state index >= 15 is 0 Å². The van der Waals surface area contributed by atoms with E-state index in [0.29, 0.717) is 18.9 Å². The average molecular weight is 355 g/mol. The SMILES string of the molecule is CC1CCC(CNC(=O)CN(N=N)C(=O)NC(C)(C)C2CC2)CC1F. The molecule has 2 saturated carbocycles. The lowest BCUT2D eigenvalue weighted by atomic mass is 9.81. The van der Waals surface area contributed by atoms with E-state index in [4.69, 9.17) is 5.53 Å². The summed E-state index contributed by atoms with van der Waals surface area (Å²) in [6.45, 7) is 5.87. The van der Waals surface area contributed by atoms with Gasteiger partial charge in [0.1, 0.15) is 12.7 Å². The molecule has 3 unspecified atom stereocenters. The molecule has 3 atom stereocenters. The van der Waals surface area contributed by atoms with Gasteiger partial charge in [0.25, 0.3) is 0 Å². The van der Waals surface area contributed by atoms with Crippen LogP contribution < -0.4 is 10.6 Å². The molecule has 0 aromatic heterocycles. The molecule has 3 amide bonds. The first kappa shape index (κ1) is 19.6. The lowest BCUT2D eigenvalue weighted by Gasteiger charge is -2.30. The van der Waals surface area contributed by atoms with Gasteiger partial charge in [0.2, 0.25) is 5.91 Å². The zero-order valence-electron chi connectivity index (χ0n) is 15.3. The summed E-state index contributed by atoms with van der Waals surface area (Å²) in [7, 11) is 0. The number of rotatable bonds is 7. The first-order valence-corrected chi connectivity index (χ1v) is 9.10. The van der Waals surface area contributed by atoms with Crippen LogP contribution in [0.4, 0.5) is 9.18 Å². The number of carbonyl (C=O) groups excluding carboxylic acids is 2. The molecule has 2 rings (SSSR count). The molecule has 0 aliphatic heterocycles. The van der Waals surface area contributed by atoms with Crippen molar-refractivity contribution >= 4 is 11.9 Å². The van der Waals surface area contributed by atoms with Crippen LogP contribution in [0.1, 0.15) is 52.9 Å². The van der Waals surface area contributed by atoms with Crippen molar-refractivity contribution in [3.8, 4) is 0 Å². The van der Waals surface area contributed by atoms with Crippen molar-refractivity contribution < 1.29 is 14.0 Å². The van der Waals surface area contributed by atoms with E-state index in [1.807, 2.05) is 20.8 Å². The zero-order valence-corrected chi connectivity index (χ0v) is 15.3. The molecule has 2 aliphatic rings. The molecule has 0 heterocycles. The Morgan fingerprint density at radius 1 is 1.28 bits per heavy atom. The van der Waals surface area contributed by atoms with Crippen molar-refractivity contribution in [3.63, 3.8) is 0 Å². The summed E-state index contributed by atoms with van der Waals surface area (Å²) in [4.78, 5) is 24.3. The van der Waals surface area contributed by atoms with Crippen molar-refractivity contribution in [1.82, 2.24) is 15.6 Å². The maximum atomic E-state index is 13.7. The van der Waals surface area contributed by atoms with Crippen molar-refractivity contribution in [1.29, 1.82) is 5.53 Å². The van der Waals surface area contributed by atoms with Gasteiger partial charge in [-0.2, -0.15) is 10.5 Å². The van der Waals surface area contributed by atoms with Gasteiger partial charge in [0.15, 0.2) is 0 Å². The normalized spacial score (nSPS) is 26.6. The first-order valence-electron chi connectivity index (χ1n) is 9.10. The standard InChI is InChI=1S/C17H30FN5O2/c1-11-4-5-12(8-14(11)18)9-20-15(24)10-23(22-19)16(25)21-17(2,3)13-6-7-13/h11-14,19H,4-10H2,1-3H3,(H,20,24)(H,21,25). The minimum absolute atomic E-state index is 0.0862. The number of carbonyl (C=O) groups is 2. The molecule has 0 spiro atoms. The molecule has 0 aromatic rings. The fourth-order valence-corrected chi connectivity index (χ4v) is 3.38. The number of nitrogens with zero attached hydrogens (tertiary/aromatic N) is 2. The molecule has 0 saturated heterocycles. The zero-order chi connectivity index (χ0) is 18.6. The van der Waals surface area contributed by atoms with E-state index in [-0.39, 0.29) is 29.8 Å². The Labute approximate surface area is 148 Å². The van der Waals surface area contributed by atoms with Crippen molar-refractivity contribution in [3.05, 3.63) is 0 Å². The second-order valence-electron chi connectivity index (χ2n) is 8.06. The molecule has 0 aromatic carbocycles. The van der Waals surface area contributed by atoms with Crippen LogP contribution in [0, 0.1) is 23.3 Å². The number of nitrogens with one attached hydrogen (secondary N) is 3. The van der Waals surface area contributed by atoms with Crippen molar-refractivity contribution in [2.24, 2.45) is 23.0 Å². The summed E-state index contributed by atoms with van der Waals surface area (Å²) in [5.41, 5.74) is 6.78. The fraction of sp³-hybridized carbons (Fsp3) is 0.882. The van der Waals surface area contributed by atoms with E-state index in [1.165, 1.54) is 0 Å². The fourth-order valence-electron chi connectivity index (χ4n) is 3.38. The topological polar surface area (TPSA) is 97.7 Å². The molecule has 0 bridgehead atoms. The van der Waals surface area contributed by atoms with Crippen LogP contribution in [0.5, 0.6) is 0 Å². The van der Waals surface area contributed by atoms with E-state index in [1.54, 1.807) is 0 Å². The highest BCUT2D eigenvalue weighted by atomic mass is 19.1. The summed E-state index contributed by atoms with van der Waals surface area (Å²) in [5.74, 6) is 0.256. The third-order valence-corrected chi connectivity index (χ3v) is 5.47. The maximum absolute atomic E-state index is 13.7. The Morgan fingerprint density at radius 3 is 2.52 bits per heavy atom. The third kappa shape index (κ3) is 5.64. The summed E-state index contributed by atoms with van der Waals surface area (Å²) in [5, 5.41) is 9.55. The molecular formula is C17H30FN5O2. The highest BCUT2D eigenvalue weighted by Gasteiger charge is 2.39. The Morgan fingerprint density at radius 2 is 1.96 bits per heavy atom. The van der Waals surface area contributed by atoms with Crippen LogP contribution in [0.15, 0.2) is 5.22 Å². The van der Waals surface area contributed by atoms with Crippen LogP contribution in [-0.4, -0.2) is 41.7 Å². The van der Waals surface area contributed by atoms with Crippen molar-refractivity contribution in [2.75, 3.05) is 13.1 Å². The first-order chi connectivity index (χ1) is 11.7. The van der Waals surface area contributed by atoms with Gasteiger partial charge in [-0.05, 0) is 63.7 Å². The molecule has 2 fully saturated rings. The molecule has 0 radical (unpaired) electrons. The number of halogens is 1. The number of alkyl halides is 1. The monoisotopic (exact) mass is 355 g/mol. The van der Waals surface area contributed by atoms with Gasteiger partial charge in [-0.15, -0.1) is 0 Å². The Bertz CT molecular complexity index is 509. The van der Waals surface area contributed by atoms with Gasteiger partial charge >= 0.3 is 6.03 Å². The summed E-state index contributed by atoms with van der Waals surface area (Å²) in [6.07, 6.45) is 3.51. The largest absolute Gasteiger partial charge is 0.354 e. The second kappa shape index (κ2) is 8.10. The van der Waals surface area contributed by atoms with Gasteiger partial charge in [0.05, 0.1) is 0 Å². The number of urea groups is 1. The highest BCUT2D eigenvalue weighted by molar-refractivity contribution is 5.84. The van der Waals surface area contributed by atoms with Crippen LogP contribution in [0.25, 0.3) is 0 Å². The van der Waals surface area contributed by atoms with Crippen LogP contribution in [-0.2, 0) is 4.79 Å². The van der Waals surface area contributed by atoms with Crippen LogP contribution >= 0.6 is 0 Å². The molecule has 8 heteroatoms. The summed E-state index contributed by atoms with van der Waals surface area (Å²) < 4.78 is 13.7. The summed E-state index contributed by atoms with van der Waals surface area (Å²) >= 11 is 0. The second-order valence-corrected chi connectivity index (χ2v) is 8.06. The highest BCUT2D eigenvalue weighted by Crippen LogP contribution is 2.39. The van der Waals surface area contributed by atoms with Gasteiger partial charge < -0.3 is 10.6 Å². The van der Waals surface area contributed by atoms with Gasteiger partial charge in [-0.25, -0.2) is 9.18 Å². The minimum atomic E-state index is -0.814. The molecule has 3 N–H and O–H groups in total. The number of hydrogen-bond acceptors (Lipinski definition) is 4. The van der Waals surface area contributed by atoms with Crippen LogP contribution in [0.2, 0.25) is 0 Å². The number of amides is 3. The van der Waals surface area contributed by atoms with E-state index in [9.17, 15) is 14.0 Å². The Kier molecular flexibility index (Phi) is 6.35. The molecule has 142 valence electrons. The summed E-state index contributed by atoms with van der Waals surface area (Å²) in [6, 6.07) is -0.544. The quantitative estimate of drug-likeness (QED) is 0.483. The van der Waals surface area contributed by atoms with E-state index < -0.39 is 12.2 Å². The molecule has 25 heavy (non-hydrogen) atoms. The van der Waals surface area contributed by atoms with Gasteiger partial charge in [-0.3, -0.25) is 4.79 Å². The number of hydrogen-bond donors (Lipinski definition) is 3. The molecule has 2 aliphatic carbocycles. The van der Waals surface area contributed by atoms with Gasteiger partial charge in [-0.1, -0.05) is 12.1 Å². The van der Waals surface area contributed by atoms with E-state index in [2.05, 4.69) is 15.9 Å². The van der Waals surface area contributed by atoms with Gasteiger partial charge in [0, 0.05) is 12.1 Å². The Balaban J connectivity index is 1.75. The van der Waals surface area contributed by atoms with Crippen LogP contribution in [0.3, 0.4) is 0 Å².